The summed E-state index contributed by atoms with van der Waals surface area (Å²) in [5.41, 5.74) is 8.54. The maximum atomic E-state index is 6.42. The van der Waals surface area contributed by atoms with Gasteiger partial charge >= 0.3 is 0 Å². The highest BCUT2D eigenvalue weighted by molar-refractivity contribution is 6.31. The Hall–Kier alpha value is -1.36. The van der Waals surface area contributed by atoms with E-state index in [1.807, 2.05) is 11.7 Å². The fraction of sp³-hybridized carbons (Fsp3) is 0.438. The van der Waals surface area contributed by atoms with Crippen LogP contribution in [0.3, 0.4) is 0 Å². The monoisotopic (exact) mass is 306 g/mol. The Balaban J connectivity index is 2.31. The average Bonchev–Trinajstić information content (AvgIpc) is 2.74. The van der Waals surface area contributed by atoms with Crippen molar-refractivity contribution in [3.63, 3.8) is 0 Å². The Morgan fingerprint density at radius 3 is 2.57 bits per heavy atom. The lowest BCUT2D eigenvalue weighted by molar-refractivity contribution is 0.529. The molecule has 1 atom stereocenters. The van der Waals surface area contributed by atoms with E-state index in [1.165, 1.54) is 11.1 Å². The summed E-state index contributed by atoms with van der Waals surface area (Å²) >= 11 is 6.42. The third-order valence-electron chi connectivity index (χ3n) is 4.03. The zero-order valence-corrected chi connectivity index (χ0v) is 13.8. The van der Waals surface area contributed by atoms with E-state index in [-0.39, 0.29) is 6.04 Å². The Bertz CT molecular complexity index is 633. The Kier molecular flexibility index (Phi) is 5.04. The second-order valence-corrected chi connectivity index (χ2v) is 5.83. The molecule has 0 aliphatic heterocycles. The number of hydrogen-bond donors (Lipinski definition) is 2. The summed E-state index contributed by atoms with van der Waals surface area (Å²) < 4.78 is 1.85. The third kappa shape index (κ3) is 3.28. The number of aryl methyl sites for hydroxylation is 4. The van der Waals surface area contributed by atoms with Crippen molar-refractivity contribution >= 4 is 11.6 Å². The van der Waals surface area contributed by atoms with Crippen molar-refractivity contribution in [2.45, 2.75) is 39.7 Å². The van der Waals surface area contributed by atoms with Gasteiger partial charge in [0.25, 0.3) is 0 Å². The van der Waals surface area contributed by atoms with Gasteiger partial charge in [-0.3, -0.25) is 16.0 Å². The minimum atomic E-state index is 0.0157. The van der Waals surface area contributed by atoms with Crippen LogP contribution in [0.4, 0.5) is 0 Å². The number of halogens is 1. The van der Waals surface area contributed by atoms with E-state index in [1.54, 1.807) is 0 Å². The molecule has 1 aromatic heterocycles. The summed E-state index contributed by atoms with van der Waals surface area (Å²) in [5, 5.41) is 5.21. The van der Waals surface area contributed by atoms with Gasteiger partial charge < -0.3 is 0 Å². The molecule has 0 spiro atoms. The van der Waals surface area contributed by atoms with Crippen LogP contribution in [-0.2, 0) is 19.9 Å². The first kappa shape index (κ1) is 16.0. The molecule has 1 heterocycles. The molecule has 0 aliphatic carbocycles. The maximum Gasteiger partial charge on any atom is 0.0850 e. The summed E-state index contributed by atoms with van der Waals surface area (Å²) in [7, 11) is 1.92. The fourth-order valence-electron chi connectivity index (χ4n) is 2.49. The van der Waals surface area contributed by atoms with Gasteiger partial charge in [0.05, 0.1) is 22.5 Å². The Morgan fingerprint density at radius 2 is 2.05 bits per heavy atom. The SMILES string of the molecule is CCc1nn(C)c(CC(NN)c2ccc(C)c(C)c2)c1Cl. The van der Waals surface area contributed by atoms with Crippen LogP contribution < -0.4 is 11.3 Å². The molecule has 4 nitrogen and oxygen atoms in total. The van der Waals surface area contributed by atoms with Gasteiger partial charge in [0.2, 0.25) is 0 Å². The van der Waals surface area contributed by atoms with Gasteiger partial charge in [0.1, 0.15) is 0 Å². The van der Waals surface area contributed by atoms with Crippen molar-refractivity contribution in [2.24, 2.45) is 12.9 Å². The van der Waals surface area contributed by atoms with Crippen LogP contribution in [0.15, 0.2) is 18.2 Å². The van der Waals surface area contributed by atoms with E-state index < -0.39 is 0 Å². The van der Waals surface area contributed by atoms with Crippen LogP contribution in [0.1, 0.15) is 41.0 Å². The number of rotatable bonds is 5. The van der Waals surface area contributed by atoms with Crippen LogP contribution in [0.5, 0.6) is 0 Å². The van der Waals surface area contributed by atoms with Gasteiger partial charge in [-0.2, -0.15) is 5.10 Å². The molecular weight excluding hydrogens is 284 g/mol. The molecule has 5 heteroatoms. The number of aromatic nitrogens is 2. The number of hydrazine groups is 1. The van der Waals surface area contributed by atoms with Gasteiger partial charge in [-0.05, 0) is 37.0 Å². The number of nitrogens with one attached hydrogen (secondary N) is 1. The van der Waals surface area contributed by atoms with Gasteiger partial charge in [-0.15, -0.1) is 0 Å². The molecule has 0 radical (unpaired) electrons. The summed E-state index contributed by atoms with van der Waals surface area (Å²) in [4.78, 5) is 0. The molecule has 0 saturated heterocycles. The zero-order chi connectivity index (χ0) is 15.6. The van der Waals surface area contributed by atoms with Crippen molar-refractivity contribution in [1.29, 1.82) is 0 Å². The average molecular weight is 307 g/mol. The minimum absolute atomic E-state index is 0.0157. The van der Waals surface area contributed by atoms with Crippen LogP contribution in [0.2, 0.25) is 5.02 Å². The standard InChI is InChI=1S/C16H23ClN4/c1-5-13-16(17)15(21(4)20-13)9-14(19-18)12-7-6-10(2)11(3)8-12/h6-8,14,19H,5,9,18H2,1-4H3. The van der Waals surface area contributed by atoms with Crippen LogP contribution in [-0.4, -0.2) is 9.78 Å². The number of benzene rings is 1. The van der Waals surface area contributed by atoms with E-state index in [0.717, 1.165) is 28.4 Å². The lowest BCUT2D eigenvalue weighted by Gasteiger charge is -2.18. The molecule has 2 aromatic rings. The summed E-state index contributed by atoms with van der Waals surface area (Å²) in [6.07, 6.45) is 1.54. The lowest BCUT2D eigenvalue weighted by Crippen LogP contribution is -2.30. The second-order valence-electron chi connectivity index (χ2n) is 5.45. The Labute approximate surface area is 131 Å². The molecule has 0 fully saturated rings. The van der Waals surface area contributed by atoms with Gasteiger partial charge in [0.15, 0.2) is 0 Å². The largest absolute Gasteiger partial charge is 0.271 e. The molecule has 3 N–H and O–H groups in total. The third-order valence-corrected chi connectivity index (χ3v) is 4.47. The first-order chi connectivity index (χ1) is 9.97. The molecule has 21 heavy (non-hydrogen) atoms. The second kappa shape index (κ2) is 6.60. The molecule has 1 aromatic carbocycles. The van der Waals surface area contributed by atoms with E-state index >= 15 is 0 Å². The number of nitrogens with two attached hydrogens (primary N) is 1. The van der Waals surface area contributed by atoms with Gasteiger partial charge in [-0.1, -0.05) is 36.7 Å². The molecular formula is C16H23ClN4. The normalized spacial score (nSPS) is 12.7. The highest BCUT2D eigenvalue weighted by Crippen LogP contribution is 2.26. The maximum absolute atomic E-state index is 6.42. The van der Waals surface area contributed by atoms with Crippen molar-refractivity contribution < 1.29 is 0 Å². The molecule has 0 saturated carbocycles. The van der Waals surface area contributed by atoms with Crippen LogP contribution in [0.25, 0.3) is 0 Å². The minimum Gasteiger partial charge on any atom is -0.271 e. The number of hydrogen-bond acceptors (Lipinski definition) is 3. The quantitative estimate of drug-likeness (QED) is 0.659. The van der Waals surface area contributed by atoms with Crippen LogP contribution >= 0.6 is 11.6 Å². The molecule has 0 amide bonds. The Morgan fingerprint density at radius 1 is 1.33 bits per heavy atom. The zero-order valence-electron chi connectivity index (χ0n) is 13.1. The summed E-state index contributed by atoms with van der Waals surface area (Å²) in [6.45, 7) is 6.27. The van der Waals surface area contributed by atoms with Crippen molar-refractivity contribution in [1.82, 2.24) is 15.2 Å². The van der Waals surface area contributed by atoms with E-state index in [2.05, 4.69) is 49.5 Å². The first-order valence-corrected chi connectivity index (χ1v) is 7.59. The molecule has 114 valence electrons. The predicted molar refractivity (Wildman–Crippen MR) is 87.3 cm³/mol. The summed E-state index contributed by atoms with van der Waals surface area (Å²) in [6, 6.07) is 6.42. The van der Waals surface area contributed by atoms with Crippen molar-refractivity contribution in [2.75, 3.05) is 0 Å². The summed E-state index contributed by atoms with van der Waals surface area (Å²) in [5.74, 6) is 5.76. The van der Waals surface area contributed by atoms with E-state index in [4.69, 9.17) is 17.4 Å². The van der Waals surface area contributed by atoms with Crippen LogP contribution in [0, 0.1) is 13.8 Å². The fourth-order valence-corrected chi connectivity index (χ4v) is 2.86. The van der Waals surface area contributed by atoms with E-state index in [0.29, 0.717) is 6.42 Å². The predicted octanol–water partition coefficient (Wildman–Crippen LogP) is 3.00. The van der Waals surface area contributed by atoms with Crippen molar-refractivity contribution in [3.8, 4) is 0 Å². The number of nitrogens with zero attached hydrogens (tertiary/aromatic N) is 2. The topological polar surface area (TPSA) is 55.9 Å². The van der Waals surface area contributed by atoms with Crippen molar-refractivity contribution in [3.05, 3.63) is 51.3 Å². The molecule has 0 bridgehead atoms. The first-order valence-electron chi connectivity index (χ1n) is 7.21. The van der Waals surface area contributed by atoms with Gasteiger partial charge in [-0.25, -0.2) is 0 Å². The molecule has 0 aliphatic rings. The van der Waals surface area contributed by atoms with E-state index in [9.17, 15) is 0 Å². The smallest absolute Gasteiger partial charge is 0.0850 e. The lowest BCUT2D eigenvalue weighted by atomic mass is 9.98. The molecule has 1 unspecified atom stereocenters. The van der Waals surface area contributed by atoms with Gasteiger partial charge in [0, 0.05) is 13.5 Å². The highest BCUT2D eigenvalue weighted by Gasteiger charge is 2.18. The molecule has 2 rings (SSSR count). The highest BCUT2D eigenvalue weighted by atomic mass is 35.5.